The Balaban J connectivity index is 2.61. The second-order valence-corrected chi connectivity index (χ2v) is 3.45. The molecule has 5 nitrogen and oxygen atoms in total. The lowest BCUT2D eigenvalue weighted by Crippen LogP contribution is -2.22. The second-order valence-electron chi connectivity index (χ2n) is 3.45. The number of aromatic nitrogens is 2. The van der Waals surface area contributed by atoms with Crippen molar-refractivity contribution in [2.75, 3.05) is 5.73 Å². The molecule has 0 saturated carbocycles. The van der Waals surface area contributed by atoms with E-state index in [2.05, 4.69) is 5.10 Å². The Morgan fingerprint density at radius 2 is 1.94 bits per heavy atom. The van der Waals surface area contributed by atoms with Gasteiger partial charge in [-0.05, 0) is 17.7 Å². The van der Waals surface area contributed by atoms with E-state index in [4.69, 9.17) is 10.8 Å². The summed E-state index contributed by atoms with van der Waals surface area (Å²) in [5.74, 6) is 0.166. The molecule has 3 N–H and O–H groups in total. The Kier molecular flexibility index (Phi) is 2.36. The predicted octanol–water partition coefficient (Wildman–Crippen LogP) is 0.735. The van der Waals surface area contributed by atoms with E-state index in [9.17, 15) is 4.79 Å². The zero-order chi connectivity index (χ0) is 11.7. The maximum atomic E-state index is 11.6. The molecule has 0 aliphatic heterocycles. The lowest BCUT2D eigenvalue weighted by atomic mass is 10.1. The van der Waals surface area contributed by atoms with Gasteiger partial charge in [-0.1, -0.05) is 12.1 Å². The van der Waals surface area contributed by atoms with Gasteiger partial charge in [0, 0.05) is 12.6 Å². The van der Waals surface area contributed by atoms with Crippen molar-refractivity contribution in [2.45, 2.75) is 0 Å². The Labute approximate surface area is 91.8 Å². The molecule has 16 heavy (non-hydrogen) atoms. The molecule has 1 aromatic carbocycles. The summed E-state index contributed by atoms with van der Waals surface area (Å²) in [6.07, 6.45) is 1.53. The maximum Gasteiger partial charge on any atom is 0.290 e. The molecule has 1 heterocycles. The average Bonchev–Trinajstić information content (AvgIpc) is 2.28. The Morgan fingerprint density at radius 1 is 1.31 bits per heavy atom. The molecule has 0 aliphatic carbocycles. The van der Waals surface area contributed by atoms with E-state index in [-0.39, 0.29) is 17.0 Å². The van der Waals surface area contributed by atoms with Crippen LogP contribution in [0.1, 0.15) is 0 Å². The van der Waals surface area contributed by atoms with Crippen molar-refractivity contribution in [3.8, 4) is 16.9 Å². The van der Waals surface area contributed by atoms with Gasteiger partial charge in [-0.25, -0.2) is 4.68 Å². The predicted molar refractivity (Wildman–Crippen MR) is 61.0 cm³/mol. The zero-order valence-corrected chi connectivity index (χ0v) is 8.71. The summed E-state index contributed by atoms with van der Waals surface area (Å²) in [5.41, 5.74) is 6.87. The van der Waals surface area contributed by atoms with Crippen LogP contribution in [0.3, 0.4) is 0 Å². The summed E-state index contributed by atoms with van der Waals surface area (Å²) in [4.78, 5) is 11.6. The highest BCUT2D eigenvalue weighted by Crippen LogP contribution is 2.23. The fourth-order valence-electron chi connectivity index (χ4n) is 1.43. The highest BCUT2D eigenvalue weighted by atomic mass is 16.3. The number of hydrogen-bond acceptors (Lipinski definition) is 4. The molecule has 0 amide bonds. The average molecular weight is 217 g/mol. The van der Waals surface area contributed by atoms with Crippen LogP contribution < -0.4 is 11.3 Å². The van der Waals surface area contributed by atoms with Crippen LogP contribution >= 0.6 is 0 Å². The molecule has 0 unspecified atom stereocenters. The highest BCUT2D eigenvalue weighted by Gasteiger charge is 2.07. The van der Waals surface area contributed by atoms with Gasteiger partial charge < -0.3 is 10.8 Å². The zero-order valence-electron chi connectivity index (χ0n) is 8.71. The number of aryl methyl sites for hydroxylation is 1. The Morgan fingerprint density at radius 3 is 2.56 bits per heavy atom. The van der Waals surface area contributed by atoms with Crippen LogP contribution in [0.5, 0.6) is 5.75 Å². The van der Waals surface area contributed by atoms with Crippen molar-refractivity contribution < 1.29 is 5.11 Å². The van der Waals surface area contributed by atoms with E-state index >= 15 is 0 Å². The van der Waals surface area contributed by atoms with E-state index in [1.165, 1.54) is 23.0 Å². The van der Waals surface area contributed by atoms with Crippen molar-refractivity contribution in [3.05, 3.63) is 40.8 Å². The molecular formula is C11H11N3O2. The summed E-state index contributed by atoms with van der Waals surface area (Å²) in [5, 5.41) is 13.1. The van der Waals surface area contributed by atoms with E-state index in [1.807, 2.05) is 0 Å². The van der Waals surface area contributed by atoms with E-state index < -0.39 is 0 Å². The molecule has 0 bridgehead atoms. The van der Waals surface area contributed by atoms with Gasteiger partial charge in [-0.2, -0.15) is 5.10 Å². The van der Waals surface area contributed by atoms with Crippen LogP contribution in [0.2, 0.25) is 0 Å². The smallest absolute Gasteiger partial charge is 0.290 e. The van der Waals surface area contributed by atoms with Crippen molar-refractivity contribution in [3.63, 3.8) is 0 Å². The molecule has 0 fully saturated rings. The third kappa shape index (κ3) is 1.63. The van der Waals surface area contributed by atoms with Crippen LogP contribution in [0.25, 0.3) is 11.1 Å². The van der Waals surface area contributed by atoms with Crippen molar-refractivity contribution in [1.82, 2.24) is 9.78 Å². The van der Waals surface area contributed by atoms with Gasteiger partial charge >= 0.3 is 0 Å². The van der Waals surface area contributed by atoms with Gasteiger partial charge in [0.25, 0.3) is 5.56 Å². The number of phenols is 1. The lowest BCUT2D eigenvalue weighted by Gasteiger charge is -2.06. The highest BCUT2D eigenvalue weighted by molar-refractivity contribution is 5.74. The van der Waals surface area contributed by atoms with E-state index in [0.717, 1.165) is 5.56 Å². The second kappa shape index (κ2) is 3.69. The fourth-order valence-corrected chi connectivity index (χ4v) is 1.43. The third-order valence-electron chi connectivity index (χ3n) is 2.35. The first-order valence-electron chi connectivity index (χ1n) is 4.71. The Hall–Kier alpha value is -2.30. The first kappa shape index (κ1) is 10.2. The molecule has 2 aromatic rings. The summed E-state index contributed by atoms with van der Waals surface area (Å²) in [6, 6.07) is 6.43. The summed E-state index contributed by atoms with van der Waals surface area (Å²) < 4.78 is 1.18. The maximum absolute atomic E-state index is 11.6. The quantitative estimate of drug-likeness (QED) is 0.738. The van der Waals surface area contributed by atoms with Crippen LogP contribution in [0.15, 0.2) is 35.3 Å². The molecule has 1 aromatic heterocycles. The van der Waals surface area contributed by atoms with Crippen molar-refractivity contribution in [2.24, 2.45) is 7.05 Å². The molecule has 0 aliphatic rings. The molecule has 0 atom stereocenters. The number of hydrogen-bond donors (Lipinski definition) is 2. The minimum absolute atomic E-state index is 0.156. The summed E-state index contributed by atoms with van der Waals surface area (Å²) >= 11 is 0. The minimum atomic E-state index is -0.328. The standard InChI is InChI=1S/C11H11N3O2/c1-14-11(16)10(12)9(6-13-14)7-2-4-8(15)5-3-7/h2-6,15H,12H2,1H3. The minimum Gasteiger partial charge on any atom is -0.508 e. The first-order chi connectivity index (χ1) is 7.59. The lowest BCUT2D eigenvalue weighted by molar-refractivity contribution is 0.475. The van der Waals surface area contributed by atoms with Crippen molar-refractivity contribution in [1.29, 1.82) is 0 Å². The molecule has 5 heteroatoms. The SMILES string of the molecule is Cn1ncc(-c2ccc(O)cc2)c(N)c1=O. The molecule has 2 rings (SSSR count). The van der Waals surface area contributed by atoms with Crippen LogP contribution in [-0.2, 0) is 7.05 Å². The van der Waals surface area contributed by atoms with Gasteiger partial charge in [0.15, 0.2) is 0 Å². The Bertz CT molecular complexity index is 573. The number of anilines is 1. The van der Waals surface area contributed by atoms with Gasteiger partial charge in [0.2, 0.25) is 0 Å². The third-order valence-corrected chi connectivity index (χ3v) is 2.35. The summed E-state index contributed by atoms with van der Waals surface area (Å²) in [6.45, 7) is 0. The normalized spacial score (nSPS) is 10.3. The number of nitrogens with zero attached hydrogens (tertiary/aromatic N) is 2. The number of nitrogen functional groups attached to an aromatic ring is 1. The summed E-state index contributed by atoms with van der Waals surface area (Å²) in [7, 11) is 1.54. The first-order valence-corrected chi connectivity index (χ1v) is 4.71. The van der Waals surface area contributed by atoms with Crippen LogP contribution in [0, 0.1) is 0 Å². The van der Waals surface area contributed by atoms with Crippen LogP contribution in [0.4, 0.5) is 5.69 Å². The molecule has 82 valence electrons. The molecule has 0 radical (unpaired) electrons. The molecular weight excluding hydrogens is 206 g/mol. The topological polar surface area (TPSA) is 81.1 Å². The number of phenolic OH excluding ortho intramolecular Hbond substituents is 1. The van der Waals surface area contributed by atoms with Gasteiger partial charge in [0.05, 0.1) is 6.20 Å². The molecule has 0 saturated heterocycles. The van der Waals surface area contributed by atoms with E-state index in [0.29, 0.717) is 5.56 Å². The fraction of sp³-hybridized carbons (Fsp3) is 0.0909. The molecule has 0 spiro atoms. The number of rotatable bonds is 1. The monoisotopic (exact) mass is 217 g/mol. The van der Waals surface area contributed by atoms with Crippen molar-refractivity contribution >= 4 is 5.69 Å². The number of aromatic hydroxyl groups is 1. The van der Waals surface area contributed by atoms with Gasteiger partial charge in [-0.15, -0.1) is 0 Å². The number of nitrogens with two attached hydrogens (primary N) is 1. The number of benzene rings is 1. The van der Waals surface area contributed by atoms with Gasteiger partial charge in [0.1, 0.15) is 11.4 Å². The largest absolute Gasteiger partial charge is 0.508 e. The van der Waals surface area contributed by atoms with Gasteiger partial charge in [-0.3, -0.25) is 4.79 Å². The van der Waals surface area contributed by atoms with E-state index in [1.54, 1.807) is 19.2 Å². The van der Waals surface area contributed by atoms with Crippen LogP contribution in [-0.4, -0.2) is 14.9 Å².